The lowest BCUT2D eigenvalue weighted by atomic mass is 9.83. The number of ether oxygens (including phenoxy) is 1. The van der Waals surface area contributed by atoms with E-state index in [1.807, 2.05) is 24.3 Å². The van der Waals surface area contributed by atoms with Crippen LogP contribution in [-0.4, -0.2) is 41.1 Å². The molecule has 0 radical (unpaired) electrons. The first-order valence-corrected chi connectivity index (χ1v) is 12.5. The van der Waals surface area contributed by atoms with Crippen LogP contribution in [0.5, 0.6) is 5.75 Å². The van der Waals surface area contributed by atoms with Crippen LogP contribution < -0.4 is 10.1 Å². The van der Waals surface area contributed by atoms with Crippen molar-refractivity contribution in [2.24, 2.45) is 5.92 Å². The summed E-state index contributed by atoms with van der Waals surface area (Å²) >= 11 is 0. The summed E-state index contributed by atoms with van der Waals surface area (Å²) in [6.07, 6.45) is 9.05. The molecule has 1 N–H and O–H groups in total. The maximum Gasteiger partial charge on any atom is 0.221 e. The lowest BCUT2D eigenvalue weighted by Gasteiger charge is -2.44. The molecule has 0 aliphatic carbocycles. The average Bonchev–Trinajstić information content (AvgIpc) is 3.28. The molecule has 0 spiro atoms. The predicted molar refractivity (Wildman–Crippen MR) is 132 cm³/mol. The van der Waals surface area contributed by atoms with Gasteiger partial charge in [0.25, 0.3) is 0 Å². The second-order valence-electron chi connectivity index (χ2n) is 9.56. The van der Waals surface area contributed by atoms with Crippen LogP contribution in [0.3, 0.4) is 0 Å². The fourth-order valence-electron chi connectivity index (χ4n) is 5.56. The third kappa shape index (κ3) is 5.41. The molecular weight excluding hydrogens is 410 g/mol. The fraction of sp³-hybridized carbons (Fsp3) is 0.464. The number of carbonyl (C=O) groups is 1. The molecule has 0 unspecified atom stereocenters. The quantitative estimate of drug-likeness (QED) is 0.531. The Morgan fingerprint density at radius 3 is 2.79 bits per heavy atom. The Balaban J connectivity index is 1.14. The highest BCUT2D eigenvalue weighted by Gasteiger charge is 2.32. The maximum absolute atomic E-state index is 12.6. The van der Waals surface area contributed by atoms with Gasteiger partial charge in [-0.2, -0.15) is 0 Å². The smallest absolute Gasteiger partial charge is 0.221 e. The van der Waals surface area contributed by atoms with Gasteiger partial charge >= 0.3 is 0 Å². The molecule has 2 atom stereocenters. The highest BCUT2D eigenvalue weighted by atomic mass is 16.5. The molecule has 1 amide bonds. The fourth-order valence-corrected chi connectivity index (χ4v) is 5.56. The summed E-state index contributed by atoms with van der Waals surface area (Å²) in [5, 5.41) is 4.41. The van der Waals surface area contributed by atoms with Crippen molar-refractivity contribution in [1.29, 1.82) is 0 Å². The summed E-state index contributed by atoms with van der Waals surface area (Å²) in [6, 6.07) is 19.2. The van der Waals surface area contributed by atoms with E-state index in [-0.39, 0.29) is 5.91 Å². The van der Waals surface area contributed by atoms with E-state index >= 15 is 0 Å². The lowest BCUT2D eigenvalue weighted by Crippen LogP contribution is -2.51. The van der Waals surface area contributed by atoms with Gasteiger partial charge in [0.15, 0.2) is 0 Å². The number of piperidine rings is 2. The number of hydrogen-bond acceptors (Lipinski definition) is 3. The second-order valence-corrected chi connectivity index (χ2v) is 9.56. The van der Waals surface area contributed by atoms with Crippen LogP contribution in [0.15, 0.2) is 60.8 Å². The van der Waals surface area contributed by atoms with E-state index < -0.39 is 0 Å². The topological polar surface area (TPSA) is 46.5 Å². The maximum atomic E-state index is 12.6. The molecular formula is C28H35N3O2. The molecule has 2 aliphatic rings. The summed E-state index contributed by atoms with van der Waals surface area (Å²) in [6.45, 7) is 4.54. The number of carbonyl (C=O) groups excluding carboxylic acids is 1. The van der Waals surface area contributed by atoms with Crippen molar-refractivity contribution < 1.29 is 9.53 Å². The van der Waals surface area contributed by atoms with E-state index in [1.54, 1.807) is 0 Å². The first-order chi connectivity index (χ1) is 16.3. The van der Waals surface area contributed by atoms with Crippen LogP contribution in [0.2, 0.25) is 0 Å². The molecule has 0 saturated carbocycles. The standard InChI is InChI=1S/C28H35N3O2/c32-28(29-20-24-9-6-16-30-15-5-4-10-26(24)30)14-18-31-17-13-23-11-12-25(19-27(23)31)33-21-22-7-2-1-3-8-22/h1-3,7-8,11-13,17,19,24,26H,4-6,9-10,14-16,18,20-21H2,(H,29,32)/t24-,26+/m0/s1. The zero-order chi connectivity index (χ0) is 22.5. The molecule has 5 heteroatoms. The molecule has 2 aliphatic heterocycles. The van der Waals surface area contributed by atoms with Gasteiger partial charge in [0.2, 0.25) is 5.91 Å². The highest BCUT2D eigenvalue weighted by Crippen LogP contribution is 2.30. The number of fused-ring (bicyclic) bond motifs is 2. The van der Waals surface area contributed by atoms with Crippen LogP contribution in [-0.2, 0) is 17.9 Å². The van der Waals surface area contributed by atoms with Gasteiger partial charge in [0.05, 0.1) is 5.52 Å². The number of aromatic nitrogens is 1. The van der Waals surface area contributed by atoms with Crippen molar-refractivity contribution in [2.75, 3.05) is 19.6 Å². The van der Waals surface area contributed by atoms with Crippen molar-refractivity contribution in [3.8, 4) is 5.75 Å². The number of aryl methyl sites for hydroxylation is 1. The Kier molecular flexibility index (Phi) is 6.96. The van der Waals surface area contributed by atoms with Gasteiger partial charge in [-0.1, -0.05) is 36.8 Å². The summed E-state index contributed by atoms with van der Waals surface area (Å²) < 4.78 is 8.16. The molecule has 3 heterocycles. The van der Waals surface area contributed by atoms with E-state index in [2.05, 4.69) is 51.3 Å². The molecule has 174 valence electrons. The third-order valence-electron chi connectivity index (χ3n) is 7.36. The first-order valence-electron chi connectivity index (χ1n) is 12.5. The zero-order valence-corrected chi connectivity index (χ0v) is 19.4. The Bertz CT molecular complexity index is 1060. The van der Waals surface area contributed by atoms with E-state index in [9.17, 15) is 4.79 Å². The summed E-state index contributed by atoms with van der Waals surface area (Å²) in [4.78, 5) is 15.3. The van der Waals surface area contributed by atoms with E-state index in [1.165, 1.54) is 50.6 Å². The molecule has 2 aromatic carbocycles. The molecule has 5 rings (SSSR count). The van der Waals surface area contributed by atoms with Gasteiger partial charge in [-0.05, 0) is 73.8 Å². The Hall–Kier alpha value is -2.79. The Labute approximate surface area is 196 Å². The SMILES string of the molecule is O=C(CCn1ccc2ccc(OCc3ccccc3)cc21)NC[C@@H]1CCCN2CCCC[C@H]12. The van der Waals surface area contributed by atoms with Gasteiger partial charge in [0.1, 0.15) is 12.4 Å². The zero-order valence-electron chi connectivity index (χ0n) is 19.4. The Morgan fingerprint density at radius 1 is 1.00 bits per heavy atom. The third-order valence-corrected chi connectivity index (χ3v) is 7.36. The van der Waals surface area contributed by atoms with Crippen molar-refractivity contribution in [2.45, 2.75) is 57.7 Å². The van der Waals surface area contributed by atoms with Crippen molar-refractivity contribution in [1.82, 2.24) is 14.8 Å². The van der Waals surface area contributed by atoms with Crippen LogP contribution in [0.25, 0.3) is 10.9 Å². The van der Waals surface area contributed by atoms with E-state index in [4.69, 9.17) is 4.74 Å². The molecule has 33 heavy (non-hydrogen) atoms. The average molecular weight is 446 g/mol. The van der Waals surface area contributed by atoms with Crippen LogP contribution in [0.4, 0.5) is 0 Å². The number of nitrogens with one attached hydrogen (secondary N) is 1. The second kappa shape index (κ2) is 10.4. The van der Waals surface area contributed by atoms with E-state index in [0.717, 1.165) is 23.4 Å². The minimum Gasteiger partial charge on any atom is -0.489 e. The molecule has 5 nitrogen and oxygen atoms in total. The monoisotopic (exact) mass is 445 g/mol. The molecule has 3 aromatic rings. The Morgan fingerprint density at radius 2 is 1.88 bits per heavy atom. The van der Waals surface area contributed by atoms with Crippen molar-refractivity contribution in [3.63, 3.8) is 0 Å². The van der Waals surface area contributed by atoms with Crippen LogP contribution in [0.1, 0.15) is 44.1 Å². The predicted octanol–water partition coefficient (Wildman–Crippen LogP) is 4.99. The van der Waals surface area contributed by atoms with Gasteiger partial charge in [-0.15, -0.1) is 0 Å². The number of hydrogen-bond donors (Lipinski definition) is 1. The highest BCUT2D eigenvalue weighted by molar-refractivity contribution is 5.82. The summed E-state index contributed by atoms with van der Waals surface area (Å²) in [7, 11) is 0. The first kappa shape index (κ1) is 22.0. The molecule has 1 aromatic heterocycles. The van der Waals surface area contributed by atoms with Crippen LogP contribution >= 0.6 is 0 Å². The van der Waals surface area contributed by atoms with Gasteiger partial charge in [0, 0.05) is 37.8 Å². The number of benzene rings is 2. The molecule has 2 fully saturated rings. The van der Waals surface area contributed by atoms with Gasteiger partial charge in [-0.25, -0.2) is 0 Å². The lowest BCUT2D eigenvalue weighted by molar-refractivity contribution is -0.121. The minimum absolute atomic E-state index is 0.154. The summed E-state index contributed by atoms with van der Waals surface area (Å²) in [5.74, 6) is 1.62. The summed E-state index contributed by atoms with van der Waals surface area (Å²) in [5.41, 5.74) is 2.26. The van der Waals surface area contributed by atoms with Crippen LogP contribution in [0, 0.1) is 5.92 Å². The normalized spacial score (nSPS) is 21.0. The largest absolute Gasteiger partial charge is 0.489 e. The molecule has 0 bridgehead atoms. The van der Waals surface area contributed by atoms with E-state index in [0.29, 0.717) is 31.5 Å². The molecule has 2 saturated heterocycles. The minimum atomic E-state index is 0.154. The van der Waals surface area contributed by atoms with Gasteiger partial charge < -0.3 is 19.5 Å². The van der Waals surface area contributed by atoms with Crippen molar-refractivity contribution >= 4 is 16.8 Å². The number of amides is 1. The number of rotatable bonds is 8. The number of nitrogens with zero attached hydrogens (tertiary/aromatic N) is 2. The van der Waals surface area contributed by atoms with Gasteiger partial charge in [-0.3, -0.25) is 4.79 Å². The van der Waals surface area contributed by atoms with Crippen molar-refractivity contribution in [3.05, 3.63) is 66.4 Å².